The van der Waals surface area contributed by atoms with Crippen LogP contribution in [0.2, 0.25) is 5.02 Å². The van der Waals surface area contributed by atoms with E-state index in [4.69, 9.17) is 16.6 Å². The van der Waals surface area contributed by atoms with Gasteiger partial charge in [0.15, 0.2) is 11.5 Å². The largest absolute Gasteiger partial charge is 0.352 e. The van der Waals surface area contributed by atoms with Crippen LogP contribution in [0.4, 0.5) is 5.82 Å². The van der Waals surface area contributed by atoms with Crippen molar-refractivity contribution < 1.29 is 0 Å². The van der Waals surface area contributed by atoms with Gasteiger partial charge in [-0.15, -0.1) is 0 Å². The second-order valence-electron chi connectivity index (χ2n) is 6.10. The van der Waals surface area contributed by atoms with Gasteiger partial charge in [0, 0.05) is 47.2 Å². The highest BCUT2D eigenvalue weighted by Crippen LogP contribution is 2.26. The Hall–Kier alpha value is -2.37. The van der Waals surface area contributed by atoms with E-state index in [1.54, 1.807) is 6.20 Å². The molecule has 0 radical (unpaired) electrons. The number of anilines is 1. The Morgan fingerprint density at radius 2 is 1.81 bits per heavy atom. The molecule has 0 unspecified atom stereocenters. The molecule has 130 valence electrons. The summed E-state index contributed by atoms with van der Waals surface area (Å²) in [5.41, 5.74) is 3.96. The molecule has 0 aliphatic heterocycles. The summed E-state index contributed by atoms with van der Waals surface area (Å²) >= 11 is 9.46. The molecule has 2 aromatic carbocycles. The molecule has 4 rings (SSSR count). The lowest BCUT2D eigenvalue weighted by Gasteiger charge is -2.20. The van der Waals surface area contributed by atoms with Gasteiger partial charge >= 0.3 is 0 Å². The zero-order valence-electron chi connectivity index (χ0n) is 14.1. The van der Waals surface area contributed by atoms with Crippen molar-refractivity contribution in [1.82, 2.24) is 14.4 Å². The summed E-state index contributed by atoms with van der Waals surface area (Å²) in [6.45, 7) is 0.719. The van der Waals surface area contributed by atoms with Gasteiger partial charge in [-0.2, -0.15) is 0 Å². The minimum absolute atomic E-state index is 0.719. The third-order valence-corrected chi connectivity index (χ3v) is 4.97. The Kier molecular flexibility index (Phi) is 4.66. The summed E-state index contributed by atoms with van der Waals surface area (Å²) in [6.07, 6.45) is 5.74. The normalized spacial score (nSPS) is 11.0. The van der Waals surface area contributed by atoms with E-state index in [9.17, 15) is 0 Å². The Morgan fingerprint density at radius 3 is 2.54 bits per heavy atom. The summed E-state index contributed by atoms with van der Waals surface area (Å²) in [7, 11) is 2.02. The summed E-state index contributed by atoms with van der Waals surface area (Å²) in [4.78, 5) is 11.5. The molecule has 0 saturated carbocycles. The quantitative estimate of drug-likeness (QED) is 0.434. The number of nitrogens with zero attached hydrogens (tertiary/aromatic N) is 4. The van der Waals surface area contributed by atoms with Crippen LogP contribution in [0.3, 0.4) is 0 Å². The average molecular weight is 428 g/mol. The maximum Gasteiger partial charge on any atom is 0.180 e. The molecule has 0 aliphatic carbocycles. The van der Waals surface area contributed by atoms with Crippen molar-refractivity contribution in [3.63, 3.8) is 0 Å². The molecule has 6 heteroatoms. The number of hydrogen-bond acceptors (Lipinski definition) is 3. The van der Waals surface area contributed by atoms with Crippen molar-refractivity contribution in [2.45, 2.75) is 6.54 Å². The van der Waals surface area contributed by atoms with Gasteiger partial charge in [0.2, 0.25) is 0 Å². The molecule has 0 aliphatic rings. The Morgan fingerprint density at radius 1 is 1.08 bits per heavy atom. The van der Waals surface area contributed by atoms with E-state index in [-0.39, 0.29) is 0 Å². The van der Waals surface area contributed by atoms with Crippen molar-refractivity contribution in [3.8, 4) is 11.3 Å². The molecular weight excluding hydrogens is 412 g/mol. The van der Waals surface area contributed by atoms with Crippen LogP contribution >= 0.6 is 27.5 Å². The summed E-state index contributed by atoms with van der Waals surface area (Å²) in [5.74, 6) is 0.838. The molecule has 0 amide bonds. The van der Waals surface area contributed by atoms with Crippen LogP contribution in [-0.4, -0.2) is 21.4 Å². The van der Waals surface area contributed by atoms with Crippen molar-refractivity contribution in [2.24, 2.45) is 0 Å². The van der Waals surface area contributed by atoms with E-state index >= 15 is 0 Å². The molecule has 0 N–H and O–H groups in total. The fourth-order valence-corrected chi connectivity index (χ4v) is 3.26. The van der Waals surface area contributed by atoms with E-state index < -0.39 is 0 Å². The van der Waals surface area contributed by atoms with Gasteiger partial charge in [-0.25, -0.2) is 9.97 Å². The Bertz CT molecular complexity index is 1040. The van der Waals surface area contributed by atoms with Crippen molar-refractivity contribution >= 4 is 39.0 Å². The highest BCUT2D eigenvalue weighted by molar-refractivity contribution is 9.10. The van der Waals surface area contributed by atoms with Gasteiger partial charge in [0.05, 0.1) is 5.69 Å². The van der Waals surface area contributed by atoms with Crippen molar-refractivity contribution in [3.05, 3.63) is 82.2 Å². The molecule has 4 aromatic rings. The minimum atomic E-state index is 0.719. The number of hydrogen-bond donors (Lipinski definition) is 0. The zero-order valence-corrected chi connectivity index (χ0v) is 16.4. The van der Waals surface area contributed by atoms with E-state index in [1.807, 2.05) is 60.2 Å². The lowest BCUT2D eigenvalue weighted by molar-refractivity contribution is 0.893. The van der Waals surface area contributed by atoms with Crippen LogP contribution in [0.25, 0.3) is 16.9 Å². The molecular formula is C20H16BrClN4. The van der Waals surface area contributed by atoms with Crippen LogP contribution in [-0.2, 0) is 6.54 Å². The fourth-order valence-electron chi connectivity index (χ4n) is 2.87. The monoisotopic (exact) mass is 426 g/mol. The summed E-state index contributed by atoms with van der Waals surface area (Å²) in [6, 6.07) is 16.0. The molecule has 26 heavy (non-hydrogen) atoms. The van der Waals surface area contributed by atoms with Gasteiger partial charge in [0.1, 0.15) is 0 Å². The second kappa shape index (κ2) is 7.09. The lowest BCUT2D eigenvalue weighted by atomic mass is 10.1. The first-order valence-corrected chi connectivity index (χ1v) is 9.32. The second-order valence-corrected chi connectivity index (χ2v) is 7.45. The number of benzene rings is 2. The molecule has 0 saturated heterocycles. The number of halogens is 2. The average Bonchev–Trinajstić information content (AvgIpc) is 3.12. The molecule has 0 fully saturated rings. The standard InChI is InChI=1S/C20H16BrClN4/c1-25(12-14-2-8-17(22)9-3-14)20-19-23-10-11-26(19)13-18(24-20)15-4-6-16(21)7-5-15/h2-11,13H,12H2,1H3. The predicted molar refractivity (Wildman–Crippen MR) is 110 cm³/mol. The Labute approximate surface area is 165 Å². The van der Waals surface area contributed by atoms with Gasteiger partial charge in [-0.3, -0.25) is 0 Å². The van der Waals surface area contributed by atoms with E-state index in [0.29, 0.717) is 0 Å². The third kappa shape index (κ3) is 3.45. The first-order valence-electron chi connectivity index (χ1n) is 8.15. The van der Waals surface area contributed by atoms with Gasteiger partial charge < -0.3 is 9.30 Å². The first-order chi connectivity index (χ1) is 12.6. The maximum absolute atomic E-state index is 5.99. The van der Waals surface area contributed by atoms with Crippen LogP contribution in [0.15, 0.2) is 71.6 Å². The number of imidazole rings is 1. The SMILES string of the molecule is CN(Cc1ccc(Cl)cc1)c1nc(-c2ccc(Br)cc2)cn2ccnc12. The molecule has 0 spiro atoms. The van der Waals surface area contributed by atoms with Crippen LogP contribution in [0.1, 0.15) is 5.56 Å². The summed E-state index contributed by atoms with van der Waals surface area (Å²) < 4.78 is 3.06. The third-order valence-electron chi connectivity index (χ3n) is 4.19. The van der Waals surface area contributed by atoms with Gasteiger partial charge in [0.25, 0.3) is 0 Å². The molecule has 2 heterocycles. The fraction of sp³-hybridized carbons (Fsp3) is 0.100. The van der Waals surface area contributed by atoms with Gasteiger partial charge in [-0.05, 0) is 29.8 Å². The highest BCUT2D eigenvalue weighted by Gasteiger charge is 2.13. The zero-order chi connectivity index (χ0) is 18.1. The van der Waals surface area contributed by atoms with Crippen LogP contribution < -0.4 is 4.90 Å². The van der Waals surface area contributed by atoms with E-state index in [0.717, 1.165) is 44.3 Å². The highest BCUT2D eigenvalue weighted by atomic mass is 79.9. The van der Waals surface area contributed by atoms with Gasteiger partial charge in [-0.1, -0.05) is 51.8 Å². The van der Waals surface area contributed by atoms with Crippen molar-refractivity contribution in [2.75, 3.05) is 11.9 Å². The molecule has 0 atom stereocenters. The molecule has 0 bridgehead atoms. The topological polar surface area (TPSA) is 33.4 Å². The van der Waals surface area contributed by atoms with Crippen LogP contribution in [0.5, 0.6) is 0 Å². The number of rotatable bonds is 4. The van der Waals surface area contributed by atoms with Crippen LogP contribution in [0, 0.1) is 0 Å². The van der Waals surface area contributed by atoms with E-state index in [2.05, 4.69) is 37.9 Å². The predicted octanol–water partition coefficient (Wildman–Crippen LogP) is 5.45. The first kappa shape index (κ1) is 17.1. The maximum atomic E-state index is 5.99. The number of aromatic nitrogens is 3. The number of fused-ring (bicyclic) bond motifs is 1. The summed E-state index contributed by atoms with van der Waals surface area (Å²) in [5, 5.41) is 0.738. The minimum Gasteiger partial charge on any atom is -0.352 e. The van der Waals surface area contributed by atoms with E-state index in [1.165, 1.54) is 0 Å². The lowest BCUT2D eigenvalue weighted by Crippen LogP contribution is -2.19. The van der Waals surface area contributed by atoms with Crippen molar-refractivity contribution in [1.29, 1.82) is 0 Å². The molecule has 2 aromatic heterocycles. The molecule has 4 nitrogen and oxygen atoms in total. The smallest absolute Gasteiger partial charge is 0.180 e. The Balaban J connectivity index is 1.74.